The van der Waals surface area contributed by atoms with Crippen LogP contribution in [0, 0.1) is 0 Å². The highest BCUT2D eigenvalue weighted by Crippen LogP contribution is 2.40. The Hall–Kier alpha value is -1.15. The molecule has 1 aromatic heterocycles. The monoisotopic (exact) mass is 235 g/mol. The number of hydrogen-bond acceptors (Lipinski definition) is 1. The molecule has 0 bridgehead atoms. The standard InChI is InChI=1S/C13H14ClNO/c14-12-10-7-9(16)5-6-11(10)15-13(12)8-3-1-2-4-8/h5-8,15-16H,1-4H2. The van der Waals surface area contributed by atoms with Crippen molar-refractivity contribution >= 4 is 22.5 Å². The maximum Gasteiger partial charge on any atom is 0.116 e. The predicted octanol–water partition coefficient (Wildman–Crippen LogP) is 4.18. The third-order valence-electron chi connectivity index (χ3n) is 3.51. The van der Waals surface area contributed by atoms with Gasteiger partial charge in [0.05, 0.1) is 5.02 Å². The molecule has 0 amide bonds. The lowest BCUT2D eigenvalue weighted by Crippen LogP contribution is -1.92. The first-order valence-electron chi connectivity index (χ1n) is 5.76. The highest BCUT2D eigenvalue weighted by Gasteiger charge is 2.22. The first-order chi connectivity index (χ1) is 7.75. The summed E-state index contributed by atoms with van der Waals surface area (Å²) < 4.78 is 0. The number of benzene rings is 1. The number of fused-ring (bicyclic) bond motifs is 1. The van der Waals surface area contributed by atoms with Crippen LogP contribution >= 0.6 is 11.6 Å². The fourth-order valence-corrected chi connectivity index (χ4v) is 3.02. The second kappa shape index (κ2) is 3.70. The Balaban J connectivity index is 2.15. The molecule has 1 heterocycles. The summed E-state index contributed by atoms with van der Waals surface area (Å²) in [5.74, 6) is 0.841. The van der Waals surface area contributed by atoms with Crippen molar-refractivity contribution in [3.05, 3.63) is 28.9 Å². The van der Waals surface area contributed by atoms with Crippen LogP contribution in [0.2, 0.25) is 5.02 Å². The average Bonchev–Trinajstić information content (AvgIpc) is 2.87. The zero-order valence-corrected chi connectivity index (χ0v) is 9.72. The summed E-state index contributed by atoms with van der Waals surface area (Å²) in [6, 6.07) is 5.30. The average molecular weight is 236 g/mol. The Morgan fingerprint density at radius 1 is 1.25 bits per heavy atom. The van der Waals surface area contributed by atoms with Gasteiger partial charge in [0.1, 0.15) is 5.75 Å². The quantitative estimate of drug-likeness (QED) is 0.764. The van der Waals surface area contributed by atoms with Gasteiger partial charge in [-0.25, -0.2) is 0 Å². The zero-order chi connectivity index (χ0) is 11.1. The molecule has 1 fully saturated rings. The summed E-state index contributed by atoms with van der Waals surface area (Å²) >= 11 is 6.37. The van der Waals surface area contributed by atoms with Crippen LogP contribution in [0.1, 0.15) is 37.3 Å². The Bertz CT molecular complexity index is 526. The van der Waals surface area contributed by atoms with Crippen LogP contribution in [0.5, 0.6) is 5.75 Å². The van der Waals surface area contributed by atoms with E-state index >= 15 is 0 Å². The number of nitrogens with one attached hydrogen (secondary N) is 1. The van der Waals surface area contributed by atoms with Crippen LogP contribution in [0.25, 0.3) is 10.9 Å². The van der Waals surface area contributed by atoms with Gasteiger partial charge < -0.3 is 10.1 Å². The second-order valence-corrected chi connectivity index (χ2v) is 4.94. The highest BCUT2D eigenvalue weighted by molar-refractivity contribution is 6.36. The number of phenolic OH excluding ortho intramolecular Hbond substituents is 1. The largest absolute Gasteiger partial charge is 0.508 e. The minimum Gasteiger partial charge on any atom is -0.508 e. The molecule has 1 saturated carbocycles. The molecule has 0 saturated heterocycles. The number of aromatic nitrogens is 1. The molecular formula is C13H14ClNO. The van der Waals surface area contributed by atoms with Gasteiger partial charge in [0.25, 0.3) is 0 Å². The minimum atomic E-state index is 0.270. The van der Waals surface area contributed by atoms with Gasteiger partial charge in [0.2, 0.25) is 0 Å². The molecule has 2 nitrogen and oxygen atoms in total. The molecule has 0 spiro atoms. The third kappa shape index (κ3) is 1.49. The molecule has 16 heavy (non-hydrogen) atoms. The molecule has 1 aliphatic rings. The van der Waals surface area contributed by atoms with E-state index in [-0.39, 0.29) is 5.75 Å². The Labute approximate surface area is 99.2 Å². The fourth-order valence-electron chi connectivity index (χ4n) is 2.66. The Morgan fingerprint density at radius 3 is 2.75 bits per heavy atom. The van der Waals surface area contributed by atoms with Crippen molar-refractivity contribution < 1.29 is 5.11 Å². The van der Waals surface area contributed by atoms with Gasteiger partial charge in [-0.3, -0.25) is 0 Å². The molecule has 0 unspecified atom stereocenters. The highest BCUT2D eigenvalue weighted by atomic mass is 35.5. The van der Waals surface area contributed by atoms with E-state index < -0.39 is 0 Å². The lowest BCUT2D eigenvalue weighted by molar-refractivity contribution is 0.476. The van der Waals surface area contributed by atoms with Crippen molar-refractivity contribution in [3.63, 3.8) is 0 Å². The second-order valence-electron chi connectivity index (χ2n) is 4.56. The number of halogens is 1. The van der Waals surface area contributed by atoms with Gasteiger partial charge in [-0.05, 0) is 31.0 Å². The SMILES string of the molecule is Oc1ccc2[nH]c(C3CCCC3)c(Cl)c2c1. The van der Waals surface area contributed by atoms with Crippen LogP contribution < -0.4 is 0 Å². The van der Waals surface area contributed by atoms with Gasteiger partial charge in [0, 0.05) is 22.5 Å². The van der Waals surface area contributed by atoms with Gasteiger partial charge in [-0.2, -0.15) is 0 Å². The summed E-state index contributed by atoms with van der Waals surface area (Å²) in [6.45, 7) is 0. The Morgan fingerprint density at radius 2 is 2.00 bits per heavy atom. The van der Waals surface area contributed by atoms with Crippen LogP contribution in [0.3, 0.4) is 0 Å². The maximum atomic E-state index is 9.46. The lowest BCUT2D eigenvalue weighted by Gasteiger charge is -2.06. The number of aromatic hydroxyl groups is 1. The van der Waals surface area contributed by atoms with E-state index in [1.807, 2.05) is 6.07 Å². The number of phenols is 1. The number of H-pyrrole nitrogens is 1. The molecular weight excluding hydrogens is 222 g/mol. The molecule has 0 radical (unpaired) electrons. The number of rotatable bonds is 1. The summed E-state index contributed by atoms with van der Waals surface area (Å²) in [4.78, 5) is 3.39. The topological polar surface area (TPSA) is 36.0 Å². The summed E-state index contributed by atoms with van der Waals surface area (Å²) in [7, 11) is 0. The van der Waals surface area contributed by atoms with E-state index in [2.05, 4.69) is 4.98 Å². The molecule has 0 aliphatic heterocycles. The number of hydrogen-bond donors (Lipinski definition) is 2. The first kappa shape index (κ1) is 10.0. The smallest absolute Gasteiger partial charge is 0.116 e. The van der Waals surface area contributed by atoms with Crippen LogP contribution in [-0.4, -0.2) is 10.1 Å². The lowest BCUT2D eigenvalue weighted by atomic mass is 10.0. The molecule has 2 aromatic rings. The van der Waals surface area contributed by atoms with E-state index in [9.17, 15) is 5.11 Å². The van der Waals surface area contributed by atoms with Gasteiger partial charge >= 0.3 is 0 Å². The van der Waals surface area contributed by atoms with E-state index in [0.29, 0.717) is 5.92 Å². The molecule has 2 N–H and O–H groups in total. The van der Waals surface area contributed by atoms with E-state index in [4.69, 9.17) is 11.6 Å². The Kier molecular flexibility index (Phi) is 2.32. The van der Waals surface area contributed by atoms with Crippen molar-refractivity contribution in [2.75, 3.05) is 0 Å². The molecule has 3 rings (SSSR count). The predicted molar refractivity (Wildman–Crippen MR) is 66.2 cm³/mol. The minimum absolute atomic E-state index is 0.270. The number of aromatic amines is 1. The summed E-state index contributed by atoms with van der Waals surface area (Å²) in [5.41, 5.74) is 2.17. The first-order valence-corrected chi connectivity index (χ1v) is 6.13. The van der Waals surface area contributed by atoms with Crippen molar-refractivity contribution in [2.24, 2.45) is 0 Å². The van der Waals surface area contributed by atoms with Crippen LogP contribution in [0.4, 0.5) is 0 Å². The van der Waals surface area contributed by atoms with Crippen LogP contribution in [0.15, 0.2) is 18.2 Å². The molecule has 84 valence electrons. The van der Waals surface area contributed by atoms with Crippen molar-refractivity contribution in [3.8, 4) is 5.75 Å². The van der Waals surface area contributed by atoms with Crippen molar-refractivity contribution in [1.82, 2.24) is 4.98 Å². The maximum absolute atomic E-state index is 9.46. The summed E-state index contributed by atoms with van der Waals surface area (Å²) in [5, 5.41) is 11.2. The van der Waals surface area contributed by atoms with E-state index in [0.717, 1.165) is 21.6 Å². The summed E-state index contributed by atoms with van der Waals surface area (Å²) in [6.07, 6.45) is 5.03. The zero-order valence-electron chi connectivity index (χ0n) is 8.96. The third-order valence-corrected chi connectivity index (χ3v) is 3.92. The molecule has 1 aliphatic carbocycles. The van der Waals surface area contributed by atoms with E-state index in [1.54, 1.807) is 12.1 Å². The molecule has 1 aromatic carbocycles. The van der Waals surface area contributed by atoms with Crippen molar-refractivity contribution in [2.45, 2.75) is 31.6 Å². The van der Waals surface area contributed by atoms with E-state index in [1.165, 1.54) is 25.7 Å². The molecule has 3 heteroatoms. The van der Waals surface area contributed by atoms with Gasteiger partial charge in [-0.15, -0.1) is 0 Å². The fraction of sp³-hybridized carbons (Fsp3) is 0.385. The van der Waals surface area contributed by atoms with Gasteiger partial charge in [0.15, 0.2) is 0 Å². The van der Waals surface area contributed by atoms with Gasteiger partial charge in [-0.1, -0.05) is 24.4 Å². The molecule has 0 atom stereocenters. The van der Waals surface area contributed by atoms with Crippen LogP contribution in [-0.2, 0) is 0 Å². The normalized spacial score (nSPS) is 17.3. The van der Waals surface area contributed by atoms with Crippen molar-refractivity contribution in [1.29, 1.82) is 0 Å².